The molecule has 0 bridgehead atoms. The Kier molecular flexibility index (Phi) is 4.81. The highest BCUT2D eigenvalue weighted by Crippen LogP contribution is 2.18. The van der Waals surface area contributed by atoms with Crippen LogP contribution in [0.4, 0.5) is 0 Å². The molecule has 1 aliphatic rings. The van der Waals surface area contributed by atoms with Crippen molar-refractivity contribution in [2.75, 3.05) is 26.2 Å². The monoisotopic (exact) mass is 367 g/mol. The first-order valence-corrected chi connectivity index (χ1v) is 9.36. The molecule has 4 rings (SSSR count). The van der Waals surface area contributed by atoms with Crippen molar-refractivity contribution in [3.63, 3.8) is 0 Å². The Morgan fingerprint density at radius 3 is 2.70 bits per heavy atom. The normalized spacial score (nSPS) is 15.4. The van der Waals surface area contributed by atoms with Gasteiger partial charge in [-0.1, -0.05) is 19.1 Å². The smallest absolute Gasteiger partial charge is 0.336 e. The summed E-state index contributed by atoms with van der Waals surface area (Å²) in [5, 5.41) is 0.994. The van der Waals surface area contributed by atoms with Gasteiger partial charge in [-0.15, -0.1) is 0 Å². The third-order valence-corrected chi connectivity index (χ3v) is 5.23. The lowest BCUT2D eigenvalue weighted by atomic mass is 10.1. The number of fused-ring (bicyclic) bond motifs is 1. The lowest BCUT2D eigenvalue weighted by Crippen LogP contribution is -3.13. The predicted octanol–water partition coefficient (Wildman–Crippen LogP) is 1.49. The van der Waals surface area contributed by atoms with E-state index in [1.54, 1.807) is 18.2 Å². The molecule has 1 amide bonds. The van der Waals surface area contributed by atoms with Gasteiger partial charge in [0.25, 0.3) is 5.91 Å². The molecule has 0 atom stereocenters. The van der Waals surface area contributed by atoms with Gasteiger partial charge in [0.15, 0.2) is 5.76 Å². The average molecular weight is 367 g/mol. The molecule has 0 spiro atoms. The fourth-order valence-electron chi connectivity index (χ4n) is 3.67. The zero-order chi connectivity index (χ0) is 18.8. The minimum absolute atomic E-state index is 0.0584. The first kappa shape index (κ1) is 17.5. The van der Waals surface area contributed by atoms with Crippen molar-refractivity contribution in [3.8, 4) is 0 Å². The van der Waals surface area contributed by atoms with Crippen LogP contribution < -0.4 is 10.5 Å². The number of hydrogen-bond donors (Lipinski definition) is 1. The van der Waals surface area contributed by atoms with Crippen molar-refractivity contribution >= 4 is 16.9 Å². The number of rotatable bonds is 4. The molecule has 0 saturated carbocycles. The number of furan rings is 1. The summed E-state index contributed by atoms with van der Waals surface area (Å²) in [6.45, 7) is 5.85. The molecule has 0 aliphatic carbocycles. The first-order valence-electron chi connectivity index (χ1n) is 9.36. The van der Waals surface area contributed by atoms with E-state index >= 15 is 0 Å². The molecule has 1 aliphatic heterocycles. The summed E-state index contributed by atoms with van der Waals surface area (Å²) in [4.78, 5) is 27.5. The molecule has 0 radical (unpaired) electrons. The van der Waals surface area contributed by atoms with Crippen molar-refractivity contribution in [2.24, 2.45) is 0 Å². The van der Waals surface area contributed by atoms with Gasteiger partial charge < -0.3 is 18.6 Å². The maximum Gasteiger partial charge on any atom is 0.336 e. The highest BCUT2D eigenvalue weighted by molar-refractivity contribution is 5.91. The number of carbonyl (C=O) groups is 1. The topological polar surface area (TPSA) is 68.1 Å². The van der Waals surface area contributed by atoms with Gasteiger partial charge in [0.2, 0.25) is 0 Å². The number of nitrogens with zero attached hydrogens (tertiary/aromatic N) is 1. The van der Waals surface area contributed by atoms with Crippen LogP contribution in [0, 0.1) is 0 Å². The van der Waals surface area contributed by atoms with Crippen molar-refractivity contribution in [1.82, 2.24) is 4.90 Å². The molecular weight excluding hydrogens is 344 g/mol. The zero-order valence-electron chi connectivity index (χ0n) is 15.4. The predicted molar refractivity (Wildman–Crippen MR) is 101 cm³/mol. The van der Waals surface area contributed by atoms with E-state index < -0.39 is 0 Å². The molecule has 1 N–H and O–H groups in total. The van der Waals surface area contributed by atoms with Crippen LogP contribution in [0.5, 0.6) is 0 Å². The minimum Gasteiger partial charge on any atom is -0.459 e. The number of nitrogens with one attached hydrogen (secondary N) is 1. The van der Waals surface area contributed by atoms with E-state index in [2.05, 4.69) is 13.0 Å². The Morgan fingerprint density at radius 1 is 1.19 bits per heavy atom. The standard InChI is InChI=1S/C21H22N2O4/c1-2-15-5-6-17-16(13-20(24)27-19(17)12-15)14-22-7-9-23(10-8-22)21(25)18-4-3-11-26-18/h3-6,11-13H,2,7-10,14H2,1H3/p+1. The van der Waals surface area contributed by atoms with Crippen LogP contribution in [0.1, 0.15) is 28.6 Å². The zero-order valence-corrected chi connectivity index (χ0v) is 15.4. The Bertz CT molecular complexity index is 999. The molecule has 27 heavy (non-hydrogen) atoms. The van der Waals surface area contributed by atoms with E-state index in [1.165, 1.54) is 11.2 Å². The maximum atomic E-state index is 12.4. The second-order valence-corrected chi connectivity index (χ2v) is 6.97. The van der Waals surface area contributed by atoms with Gasteiger partial charge in [-0.3, -0.25) is 4.79 Å². The summed E-state index contributed by atoms with van der Waals surface area (Å²) >= 11 is 0. The quantitative estimate of drug-likeness (QED) is 0.710. The molecule has 1 saturated heterocycles. The van der Waals surface area contributed by atoms with E-state index in [1.807, 2.05) is 17.0 Å². The Hall–Kier alpha value is -2.86. The van der Waals surface area contributed by atoms with Crippen LogP contribution in [0.15, 0.2) is 56.3 Å². The fourth-order valence-corrected chi connectivity index (χ4v) is 3.67. The molecule has 1 aromatic carbocycles. The fraction of sp³-hybridized carbons (Fsp3) is 0.333. The van der Waals surface area contributed by atoms with Gasteiger partial charge in [-0.2, -0.15) is 0 Å². The van der Waals surface area contributed by atoms with Crippen molar-refractivity contribution < 1.29 is 18.5 Å². The third kappa shape index (κ3) is 3.66. The van der Waals surface area contributed by atoms with Gasteiger partial charge >= 0.3 is 5.63 Å². The lowest BCUT2D eigenvalue weighted by Gasteiger charge is -2.31. The summed E-state index contributed by atoms with van der Waals surface area (Å²) in [5.74, 6) is 0.328. The van der Waals surface area contributed by atoms with E-state index in [0.717, 1.165) is 42.6 Å². The number of hydrogen-bond acceptors (Lipinski definition) is 4. The first-order chi connectivity index (χ1) is 13.1. The van der Waals surface area contributed by atoms with Gasteiger partial charge in [-0.05, 0) is 30.2 Å². The van der Waals surface area contributed by atoms with Crippen LogP contribution in [-0.2, 0) is 13.0 Å². The van der Waals surface area contributed by atoms with Gasteiger partial charge in [0, 0.05) is 17.0 Å². The van der Waals surface area contributed by atoms with Crippen molar-refractivity contribution in [1.29, 1.82) is 0 Å². The number of carbonyl (C=O) groups excluding carboxylic acids is 1. The van der Waals surface area contributed by atoms with E-state index in [0.29, 0.717) is 24.4 Å². The van der Waals surface area contributed by atoms with E-state index in [-0.39, 0.29) is 11.5 Å². The Balaban J connectivity index is 1.47. The molecule has 140 valence electrons. The summed E-state index contributed by atoms with van der Waals surface area (Å²) in [6, 6.07) is 11.1. The number of aryl methyl sites for hydroxylation is 1. The van der Waals surface area contributed by atoms with E-state index in [9.17, 15) is 9.59 Å². The summed E-state index contributed by atoms with van der Waals surface area (Å²) in [7, 11) is 0. The SMILES string of the molecule is CCc1ccc2c(C[NH+]3CCN(C(=O)c4ccco4)CC3)cc(=O)oc2c1. The van der Waals surface area contributed by atoms with Crippen molar-refractivity contribution in [3.05, 3.63) is 70.0 Å². The van der Waals surface area contributed by atoms with Crippen molar-refractivity contribution in [2.45, 2.75) is 19.9 Å². The minimum atomic E-state index is -0.309. The van der Waals surface area contributed by atoms with E-state index in [4.69, 9.17) is 8.83 Å². The molecule has 3 heterocycles. The lowest BCUT2D eigenvalue weighted by molar-refractivity contribution is -0.917. The number of benzene rings is 1. The van der Waals surface area contributed by atoms with Crippen LogP contribution in [0.3, 0.4) is 0 Å². The molecule has 0 unspecified atom stereocenters. The van der Waals surface area contributed by atoms with Crippen LogP contribution in [0.25, 0.3) is 11.0 Å². The Labute approximate surface area is 157 Å². The molecule has 6 heteroatoms. The molecule has 6 nitrogen and oxygen atoms in total. The molecule has 3 aromatic rings. The molecule has 2 aromatic heterocycles. The largest absolute Gasteiger partial charge is 0.459 e. The highest BCUT2D eigenvalue weighted by Gasteiger charge is 2.26. The Morgan fingerprint density at radius 2 is 2.00 bits per heavy atom. The second kappa shape index (κ2) is 7.40. The number of amides is 1. The summed E-state index contributed by atoms with van der Waals surface area (Å²) < 4.78 is 10.6. The maximum absolute atomic E-state index is 12.4. The average Bonchev–Trinajstić information content (AvgIpc) is 3.22. The highest BCUT2D eigenvalue weighted by atomic mass is 16.4. The van der Waals surface area contributed by atoms with Crippen LogP contribution in [-0.4, -0.2) is 37.0 Å². The number of piperazine rings is 1. The second-order valence-electron chi connectivity index (χ2n) is 6.97. The van der Waals surface area contributed by atoms with Gasteiger partial charge in [-0.25, -0.2) is 4.79 Å². The molecular formula is C21H23N2O4+. The number of quaternary nitrogens is 1. The third-order valence-electron chi connectivity index (χ3n) is 5.23. The van der Waals surface area contributed by atoms with Gasteiger partial charge in [0.1, 0.15) is 12.1 Å². The van der Waals surface area contributed by atoms with Gasteiger partial charge in [0.05, 0.1) is 32.4 Å². The summed E-state index contributed by atoms with van der Waals surface area (Å²) in [6.07, 6.45) is 2.42. The van der Waals surface area contributed by atoms with Crippen LogP contribution >= 0.6 is 0 Å². The molecule has 1 fully saturated rings. The summed E-state index contributed by atoms with van der Waals surface area (Å²) in [5.41, 5.74) is 2.50. The van der Waals surface area contributed by atoms with Crippen LogP contribution in [0.2, 0.25) is 0 Å².